The molecule has 2 aromatic heterocycles. The number of hydrogen-bond acceptors (Lipinski definition) is 4. The molecule has 0 aromatic carbocycles. The van der Waals surface area contributed by atoms with Crippen LogP contribution in [-0.4, -0.2) is 21.1 Å². The maximum Gasteiger partial charge on any atom is 0.189 e. The highest BCUT2D eigenvalue weighted by atomic mass is 32.2. The second-order valence-corrected chi connectivity index (χ2v) is 5.13. The summed E-state index contributed by atoms with van der Waals surface area (Å²) in [4.78, 5) is 15.9. The number of aromatic nitrogens is 2. The summed E-state index contributed by atoms with van der Waals surface area (Å²) in [5.41, 5.74) is 0.749. The molecule has 0 N–H and O–H groups in total. The monoisotopic (exact) mass is 238 g/mol. The Morgan fingerprint density at radius 3 is 3.13 bits per heavy atom. The largest absolute Gasteiger partial charge is 0.348 e. The Labute approximate surface area is 96.1 Å². The number of aryl methyl sites for hydroxylation is 1. The van der Waals surface area contributed by atoms with Gasteiger partial charge in [-0.3, -0.25) is 4.79 Å². The third kappa shape index (κ3) is 2.49. The molecule has 0 saturated heterocycles. The number of thiazole rings is 1. The molecule has 0 aliphatic carbocycles. The third-order valence-corrected chi connectivity index (χ3v) is 3.93. The minimum absolute atomic E-state index is 0.141. The lowest BCUT2D eigenvalue weighted by molar-refractivity contribution is 0.101. The van der Waals surface area contributed by atoms with Gasteiger partial charge in [-0.25, -0.2) is 4.98 Å². The van der Waals surface area contributed by atoms with Crippen molar-refractivity contribution in [3.8, 4) is 0 Å². The highest BCUT2D eigenvalue weighted by Gasteiger charge is 2.09. The fourth-order valence-corrected chi connectivity index (χ4v) is 2.75. The van der Waals surface area contributed by atoms with Gasteiger partial charge in [0, 0.05) is 24.8 Å². The molecule has 0 aliphatic rings. The number of carbonyl (C=O) groups excluding carboxylic acids is 1. The van der Waals surface area contributed by atoms with E-state index in [0.29, 0.717) is 5.75 Å². The van der Waals surface area contributed by atoms with E-state index in [0.717, 1.165) is 10.0 Å². The van der Waals surface area contributed by atoms with Gasteiger partial charge in [0.25, 0.3) is 0 Å². The lowest BCUT2D eigenvalue weighted by atomic mass is 10.3. The van der Waals surface area contributed by atoms with Crippen molar-refractivity contribution in [2.45, 2.75) is 4.34 Å². The summed E-state index contributed by atoms with van der Waals surface area (Å²) in [5, 5.41) is 1.91. The van der Waals surface area contributed by atoms with Crippen molar-refractivity contribution in [3.63, 3.8) is 0 Å². The molecule has 0 fully saturated rings. The zero-order chi connectivity index (χ0) is 10.7. The van der Waals surface area contributed by atoms with Crippen LogP contribution in [0.4, 0.5) is 0 Å². The molecule has 2 aromatic rings. The Morgan fingerprint density at radius 1 is 1.67 bits per heavy atom. The van der Waals surface area contributed by atoms with Crippen LogP contribution in [0.15, 0.2) is 34.2 Å². The van der Waals surface area contributed by atoms with E-state index in [4.69, 9.17) is 0 Å². The fraction of sp³-hybridized carbons (Fsp3) is 0.200. The van der Waals surface area contributed by atoms with Gasteiger partial charge in [-0.15, -0.1) is 11.3 Å². The molecule has 2 rings (SSSR count). The van der Waals surface area contributed by atoms with Crippen LogP contribution < -0.4 is 0 Å². The van der Waals surface area contributed by atoms with E-state index in [1.54, 1.807) is 17.5 Å². The summed E-state index contributed by atoms with van der Waals surface area (Å²) in [5.74, 6) is 0.591. The van der Waals surface area contributed by atoms with Gasteiger partial charge in [0.1, 0.15) is 4.34 Å². The molecule has 0 radical (unpaired) electrons. The summed E-state index contributed by atoms with van der Waals surface area (Å²) in [6.07, 6.45) is 3.63. The van der Waals surface area contributed by atoms with Gasteiger partial charge in [0.15, 0.2) is 5.78 Å². The summed E-state index contributed by atoms with van der Waals surface area (Å²) in [6, 6.07) is 3.71. The predicted molar refractivity (Wildman–Crippen MR) is 62.6 cm³/mol. The van der Waals surface area contributed by atoms with Crippen LogP contribution in [0.2, 0.25) is 0 Å². The van der Waals surface area contributed by atoms with E-state index in [-0.39, 0.29) is 5.78 Å². The van der Waals surface area contributed by atoms with Crippen molar-refractivity contribution in [2.24, 2.45) is 7.05 Å². The van der Waals surface area contributed by atoms with Gasteiger partial charge in [0.2, 0.25) is 0 Å². The number of hydrogen-bond donors (Lipinski definition) is 0. The van der Waals surface area contributed by atoms with Gasteiger partial charge in [-0.05, 0) is 12.1 Å². The summed E-state index contributed by atoms with van der Waals surface area (Å²) in [7, 11) is 1.88. The van der Waals surface area contributed by atoms with E-state index in [1.165, 1.54) is 11.8 Å². The Kier molecular flexibility index (Phi) is 3.23. The second-order valence-electron chi connectivity index (χ2n) is 3.01. The van der Waals surface area contributed by atoms with Crippen molar-refractivity contribution in [1.82, 2.24) is 9.55 Å². The number of thioether (sulfide) groups is 1. The van der Waals surface area contributed by atoms with Gasteiger partial charge in [-0.1, -0.05) is 11.8 Å². The Balaban J connectivity index is 1.96. The van der Waals surface area contributed by atoms with E-state index in [2.05, 4.69) is 4.98 Å². The molecule has 0 amide bonds. The van der Waals surface area contributed by atoms with E-state index >= 15 is 0 Å². The van der Waals surface area contributed by atoms with E-state index in [1.807, 2.05) is 35.3 Å². The van der Waals surface area contributed by atoms with Crippen LogP contribution >= 0.6 is 23.1 Å². The van der Waals surface area contributed by atoms with Crippen LogP contribution in [0.3, 0.4) is 0 Å². The second kappa shape index (κ2) is 4.63. The summed E-state index contributed by atoms with van der Waals surface area (Å²) in [6.45, 7) is 0. The average molecular weight is 238 g/mol. The third-order valence-electron chi connectivity index (χ3n) is 1.97. The quantitative estimate of drug-likeness (QED) is 0.606. The molecule has 0 unspecified atom stereocenters. The van der Waals surface area contributed by atoms with Crippen molar-refractivity contribution in [1.29, 1.82) is 0 Å². The lowest BCUT2D eigenvalue weighted by Crippen LogP contribution is -2.07. The Morgan fingerprint density at radius 2 is 2.53 bits per heavy atom. The summed E-state index contributed by atoms with van der Waals surface area (Å²) < 4.78 is 2.78. The minimum Gasteiger partial charge on any atom is -0.348 e. The van der Waals surface area contributed by atoms with Gasteiger partial charge < -0.3 is 4.57 Å². The van der Waals surface area contributed by atoms with Crippen molar-refractivity contribution >= 4 is 28.9 Å². The molecule has 0 aliphatic heterocycles. The molecular formula is C10H10N2OS2. The summed E-state index contributed by atoms with van der Waals surface area (Å²) >= 11 is 3.05. The highest BCUT2D eigenvalue weighted by molar-refractivity contribution is 8.01. The molecule has 15 heavy (non-hydrogen) atoms. The number of nitrogens with zero attached hydrogens (tertiary/aromatic N) is 2. The zero-order valence-electron chi connectivity index (χ0n) is 8.21. The van der Waals surface area contributed by atoms with Crippen molar-refractivity contribution < 1.29 is 4.79 Å². The topological polar surface area (TPSA) is 34.9 Å². The van der Waals surface area contributed by atoms with Crippen molar-refractivity contribution in [3.05, 3.63) is 35.6 Å². The lowest BCUT2D eigenvalue weighted by Gasteiger charge is -2.00. The molecular weight excluding hydrogens is 228 g/mol. The molecule has 78 valence electrons. The molecule has 5 heteroatoms. The first-order valence-corrected chi connectivity index (χ1v) is 6.31. The average Bonchev–Trinajstić information content (AvgIpc) is 2.84. The smallest absolute Gasteiger partial charge is 0.189 e. The number of ketones is 1. The molecule has 2 heterocycles. The first-order valence-electron chi connectivity index (χ1n) is 4.44. The van der Waals surface area contributed by atoms with Crippen LogP contribution in [-0.2, 0) is 7.05 Å². The number of Topliss-reactive ketones (excluding diaryl/α,β-unsaturated/α-hetero) is 1. The van der Waals surface area contributed by atoms with E-state index < -0.39 is 0 Å². The van der Waals surface area contributed by atoms with E-state index in [9.17, 15) is 4.79 Å². The van der Waals surface area contributed by atoms with Crippen LogP contribution in [0, 0.1) is 0 Å². The number of rotatable bonds is 4. The maximum atomic E-state index is 11.8. The standard InChI is InChI=1S/C10H10N2OS2/c1-12-5-2-3-8(12)9(13)7-15-10-11-4-6-14-10/h2-6H,7H2,1H3. The SMILES string of the molecule is Cn1cccc1C(=O)CSc1nccs1. The maximum absolute atomic E-state index is 11.8. The minimum atomic E-state index is 0.141. The molecule has 0 saturated carbocycles. The van der Waals surface area contributed by atoms with Gasteiger partial charge in [-0.2, -0.15) is 0 Å². The van der Waals surface area contributed by atoms with Gasteiger partial charge >= 0.3 is 0 Å². The Hall–Kier alpha value is -1.07. The van der Waals surface area contributed by atoms with Crippen LogP contribution in [0.5, 0.6) is 0 Å². The predicted octanol–water partition coefficient (Wildman–Crippen LogP) is 2.46. The zero-order valence-corrected chi connectivity index (χ0v) is 9.85. The highest BCUT2D eigenvalue weighted by Crippen LogP contribution is 2.21. The van der Waals surface area contributed by atoms with Crippen molar-refractivity contribution in [2.75, 3.05) is 5.75 Å². The first kappa shape index (κ1) is 10.4. The number of carbonyl (C=O) groups is 1. The van der Waals surface area contributed by atoms with Crippen LogP contribution in [0.25, 0.3) is 0 Å². The first-order chi connectivity index (χ1) is 7.27. The van der Waals surface area contributed by atoms with Gasteiger partial charge in [0.05, 0.1) is 11.4 Å². The molecule has 3 nitrogen and oxygen atoms in total. The molecule has 0 spiro atoms. The molecule has 0 atom stereocenters. The Bertz CT molecular complexity index is 448. The fourth-order valence-electron chi connectivity index (χ4n) is 1.23. The normalized spacial score (nSPS) is 10.5. The van der Waals surface area contributed by atoms with Crippen LogP contribution in [0.1, 0.15) is 10.5 Å². The molecule has 0 bridgehead atoms.